The lowest BCUT2D eigenvalue weighted by molar-refractivity contribution is -0.149. The fraction of sp³-hybridized carbons (Fsp3) is 0.900. The average Bonchev–Trinajstić information content (AvgIpc) is 2.19. The summed E-state index contributed by atoms with van der Waals surface area (Å²) < 4.78 is 5.01. The standard InChI is InChI=1S/C10H20N2O2/c1-2-14-10(13)9-4-3-6-12(8-9)7-5-11/h9H,2-8,11H2,1H3. The summed E-state index contributed by atoms with van der Waals surface area (Å²) >= 11 is 0. The number of piperidine rings is 1. The Labute approximate surface area is 85.4 Å². The molecule has 0 amide bonds. The van der Waals surface area contributed by atoms with E-state index in [4.69, 9.17) is 10.5 Å². The molecule has 1 fully saturated rings. The first-order valence-corrected chi connectivity index (χ1v) is 5.37. The van der Waals surface area contributed by atoms with Crippen LogP contribution in [-0.2, 0) is 9.53 Å². The highest BCUT2D eigenvalue weighted by atomic mass is 16.5. The topological polar surface area (TPSA) is 55.6 Å². The van der Waals surface area contributed by atoms with Crippen LogP contribution in [0.1, 0.15) is 19.8 Å². The summed E-state index contributed by atoms with van der Waals surface area (Å²) in [5.41, 5.74) is 5.48. The van der Waals surface area contributed by atoms with Crippen molar-refractivity contribution in [1.29, 1.82) is 0 Å². The van der Waals surface area contributed by atoms with E-state index in [2.05, 4.69) is 4.90 Å². The van der Waals surface area contributed by atoms with Crippen molar-refractivity contribution in [2.45, 2.75) is 19.8 Å². The van der Waals surface area contributed by atoms with Gasteiger partial charge in [0.15, 0.2) is 0 Å². The highest BCUT2D eigenvalue weighted by Crippen LogP contribution is 2.17. The van der Waals surface area contributed by atoms with E-state index < -0.39 is 0 Å². The summed E-state index contributed by atoms with van der Waals surface area (Å²) in [6.07, 6.45) is 2.03. The maximum Gasteiger partial charge on any atom is 0.310 e. The molecule has 4 heteroatoms. The van der Waals surface area contributed by atoms with Gasteiger partial charge in [0, 0.05) is 19.6 Å². The number of hydrogen-bond acceptors (Lipinski definition) is 4. The molecule has 1 aliphatic rings. The van der Waals surface area contributed by atoms with E-state index in [1.807, 2.05) is 6.92 Å². The minimum absolute atomic E-state index is 0.0470. The maximum atomic E-state index is 11.5. The Morgan fingerprint density at radius 1 is 1.64 bits per heavy atom. The Kier molecular flexibility index (Phi) is 4.90. The molecule has 1 heterocycles. The highest BCUT2D eigenvalue weighted by molar-refractivity contribution is 5.72. The molecule has 0 aromatic heterocycles. The second kappa shape index (κ2) is 5.98. The first-order chi connectivity index (χ1) is 6.77. The number of nitrogens with zero attached hydrogens (tertiary/aromatic N) is 1. The van der Waals surface area contributed by atoms with Crippen LogP contribution in [0.2, 0.25) is 0 Å². The number of carbonyl (C=O) groups excluding carboxylic acids is 1. The average molecular weight is 200 g/mol. The van der Waals surface area contributed by atoms with Gasteiger partial charge >= 0.3 is 5.97 Å². The van der Waals surface area contributed by atoms with Gasteiger partial charge in [-0.1, -0.05) is 0 Å². The molecular weight excluding hydrogens is 180 g/mol. The molecule has 1 atom stereocenters. The Balaban J connectivity index is 2.35. The molecule has 0 aromatic rings. The molecule has 0 bridgehead atoms. The summed E-state index contributed by atoms with van der Waals surface area (Å²) in [5, 5.41) is 0. The zero-order valence-corrected chi connectivity index (χ0v) is 8.87. The number of rotatable bonds is 4. The van der Waals surface area contributed by atoms with Crippen LogP contribution in [0, 0.1) is 5.92 Å². The largest absolute Gasteiger partial charge is 0.466 e. The van der Waals surface area contributed by atoms with Gasteiger partial charge in [0.25, 0.3) is 0 Å². The predicted molar refractivity (Wildman–Crippen MR) is 54.9 cm³/mol. The number of esters is 1. The fourth-order valence-corrected chi connectivity index (χ4v) is 1.89. The summed E-state index contributed by atoms with van der Waals surface area (Å²) in [5.74, 6) is 0.0180. The van der Waals surface area contributed by atoms with Gasteiger partial charge in [-0.15, -0.1) is 0 Å². The molecule has 2 N–H and O–H groups in total. The molecular formula is C10H20N2O2. The zero-order valence-electron chi connectivity index (χ0n) is 8.87. The highest BCUT2D eigenvalue weighted by Gasteiger charge is 2.26. The molecule has 82 valence electrons. The molecule has 1 rings (SSSR count). The van der Waals surface area contributed by atoms with Crippen LogP contribution in [0.25, 0.3) is 0 Å². The van der Waals surface area contributed by atoms with Gasteiger partial charge in [-0.05, 0) is 26.3 Å². The van der Waals surface area contributed by atoms with E-state index in [0.29, 0.717) is 13.2 Å². The van der Waals surface area contributed by atoms with Crippen LogP contribution in [0.3, 0.4) is 0 Å². The number of likely N-dealkylation sites (tertiary alicyclic amines) is 1. The summed E-state index contributed by atoms with van der Waals surface area (Å²) in [4.78, 5) is 13.7. The summed E-state index contributed by atoms with van der Waals surface area (Å²) in [6.45, 7) is 5.75. The molecule has 4 nitrogen and oxygen atoms in total. The lowest BCUT2D eigenvalue weighted by atomic mass is 9.98. The second-order valence-electron chi connectivity index (χ2n) is 3.68. The van der Waals surface area contributed by atoms with E-state index in [9.17, 15) is 4.79 Å². The minimum Gasteiger partial charge on any atom is -0.466 e. The number of ether oxygens (including phenoxy) is 1. The fourth-order valence-electron chi connectivity index (χ4n) is 1.89. The molecule has 1 unspecified atom stereocenters. The number of nitrogens with two attached hydrogens (primary N) is 1. The Bertz CT molecular complexity index is 183. The van der Waals surface area contributed by atoms with Gasteiger partial charge in [0.05, 0.1) is 12.5 Å². The molecule has 1 saturated heterocycles. The van der Waals surface area contributed by atoms with Crippen molar-refractivity contribution in [2.24, 2.45) is 11.7 Å². The zero-order chi connectivity index (χ0) is 10.4. The van der Waals surface area contributed by atoms with Gasteiger partial charge < -0.3 is 15.4 Å². The molecule has 0 spiro atoms. The third-order valence-electron chi connectivity index (χ3n) is 2.57. The van der Waals surface area contributed by atoms with Crippen molar-refractivity contribution >= 4 is 5.97 Å². The minimum atomic E-state index is -0.0470. The lowest BCUT2D eigenvalue weighted by Gasteiger charge is -2.30. The van der Waals surface area contributed by atoms with Gasteiger partial charge in [0.2, 0.25) is 0 Å². The molecule has 0 saturated carbocycles. The van der Waals surface area contributed by atoms with Gasteiger partial charge in [-0.3, -0.25) is 4.79 Å². The van der Waals surface area contributed by atoms with Gasteiger partial charge in [0.1, 0.15) is 0 Å². The van der Waals surface area contributed by atoms with E-state index in [-0.39, 0.29) is 11.9 Å². The molecule has 0 aliphatic carbocycles. The SMILES string of the molecule is CCOC(=O)C1CCCN(CCN)C1. The normalized spacial score (nSPS) is 23.4. The Morgan fingerprint density at radius 2 is 2.43 bits per heavy atom. The summed E-state index contributed by atoms with van der Waals surface area (Å²) in [7, 11) is 0. The van der Waals surface area contributed by atoms with Crippen molar-refractivity contribution in [3.8, 4) is 0 Å². The molecule has 14 heavy (non-hydrogen) atoms. The van der Waals surface area contributed by atoms with Crippen molar-refractivity contribution in [2.75, 3.05) is 32.8 Å². The second-order valence-corrected chi connectivity index (χ2v) is 3.68. The van der Waals surface area contributed by atoms with Crippen LogP contribution >= 0.6 is 0 Å². The van der Waals surface area contributed by atoms with Gasteiger partial charge in [-0.2, -0.15) is 0 Å². The van der Waals surface area contributed by atoms with Crippen molar-refractivity contribution in [3.63, 3.8) is 0 Å². The monoisotopic (exact) mass is 200 g/mol. The van der Waals surface area contributed by atoms with E-state index in [1.54, 1.807) is 0 Å². The first kappa shape index (κ1) is 11.5. The number of carbonyl (C=O) groups is 1. The first-order valence-electron chi connectivity index (χ1n) is 5.37. The van der Waals surface area contributed by atoms with Crippen LogP contribution in [0.5, 0.6) is 0 Å². The maximum absolute atomic E-state index is 11.5. The van der Waals surface area contributed by atoms with Crippen LogP contribution in [0.15, 0.2) is 0 Å². The quantitative estimate of drug-likeness (QED) is 0.660. The Morgan fingerprint density at radius 3 is 3.07 bits per heavy atom. The van der Waals surface area contributed by atoms with Crippen LogP contribution < -0.4 is 5.73 Å². The van der Waals surface area contributed by atoms with Crippen molar-refractivity contribution in [3.05, 3.63) is 0 Å². The molecule has 0 aromatic carbocycles. The van der Waals surface area contributed by atoms with Crippen molar-refractivity contribution < 1.29 is 9.53 Å². The van der Waals surface area contributed by atoms with E-state index in [0.717, 1.165) is 32.5 Å². The van der Waals surface area contributed by atoms with E-state index in [1.165, 1.54) is 0 Å². The smallest absolute Gasteiger partial charge is 0.310 e. The van der Waals surface area contributed by atoms with Crippen LogP contribution in [-0.4, -0.2) is 43.7 Å². The lowest BCUT2D eigenvalue weighted by Crippen LogP contribution is -2.41. The van der Waals surface area contributed by atoms with E-state index >= 15 is 0 Å². The number of hydrogen-bond donors (Lipinski definition) is 1. The van der Waals surface area contributed by atoms with Gasteiger partial charge in [-0.25, -0.2) is 0 Å². The molecule has 0 radical (unpaired) electrons. The molecule has 1 aliphatic heterocycles. The summed E-state index contributed by atoms with van der Waals surface area (Å²) in [6, 6.07) is 0. The van der Waals surface area contributed by atoms with Crippen molar-refractivity contribution in [1.82, 2.24) is 4.90 Å². The van der Waals surface area contributed by atoms with Crippen LogP contribution in [0.4, 0.5) is 0 Å². The predicted octanol–water partition coefficient (Wildman–Crippen LogP) is 0.220. The third kappa shape index (κ3) is 3.27. The third-order valence-corrected chi connectivity index (χ3v) is 2.57. The Hall–Kier alpha value is -0.610.